The smallest absolute Gasteiger partial charge is 0.239 e. The number of amides is 1. The van der Waals surface area contributed by atoms with E-state index in [1.807, 2.05) is 0 Å². The average molecular weight is 264 g/mol. The van der Waals surface area contributed by atoms with E-state index in [2.05, 4.69) is 26.2 Å². The maximum absolute atomic E-state index is 11.2. The first kappa shape index (κ1) is 10.5. The van der Waals surface area contributed by atoms with Crippen molar-refractivity contribution in [3.8, 4) is 0 Å². The van der Waals surface area contributed by atoms with Gasteiger partial charge in [0.25, 0.3) is 0 Å². The van der Waals surface area contributed by atoms with Crippen LogP contribution in [0.5, 0.6) is 0 Å². The first-order valence-electron chi connectivity index (χ1n) is 3.67. The van der Waals surface area contributed by atoms with Crippen molar-refractivity contribution in [1.82, 2.24) is 4.98 Å². The minimum absolute atomic E-state index is 0.144. The lowest BCUT2D eigenvalue weighted by atomic mass is 10.4. The summed E-state index contributed by atoms with van der Waals surface area (Å²) in [5.74, 6) is 0.318. The van der Waals surface area contributed by atoms with Crippen LogP contribution in [-0.4, -0.2) is 15.7 Å². The number of carbonyl (C=O) groups excluding carboxylic acids is 1. The molecule has 13 heavy (non-hydrogen) atoms. The Bertz CT molecular complexity index is 317. The largest absolute Gasteiger partial charge is 0.310 e. The molecule has 0 aliphatic carbocycles. The molecule has 1 aromatic heterocycles. The molecular weight excluding hydrogens is 255 g/mol. The zero-order valence-electron chi connectivity index (χ0n) is 6.92. The highest BCUT2D eigenvalue weighted by atomic mass is 79.9. The fourth-order valence-electron chi connectivity index (χ4n) is 0.704. The van der Waals surface area contributed by atoms with Gasteiger partial charge >= 0.3 is 0 Å². The lowest BCUT2D eigenvalue weighted by Crippen LogP contribution is -2.20. The SMILES string of the molecule is CC(Br)C(=O)Nc1cccc(Cl)n1. The topological polar surface area (TPSA) is 42.0 Å². The van der Waals surface area contributed by atoms with E-state index in [9.17, 15) is 4.79 Å². The number of anilines is 1. The number of carbonyl (C=O) groups is 1. The van der Waals surface area contributed by atoms with Crippen LogP contribution in [0.1, 0.15) is 6.92 Å². The van der Waals surface area contributed by atoms with Crippen molar-refractivity contribution in [1.29, 1.82) is 0 Å². The van der Waals surface area contributed by atoms with Crippen LogP contribution in [0.2, 0.25) is 5.15 Å². The van der Waals surface area contributed by atoms with Crippen molar-refractivity contribution >= 4 is 39.3 Å². The molecule has 1 atom stereocenters. The third-order valence-corrected chi connectivity index (χ3v) is 1.95. The van der Waals surface area contributed by atoms with Crippen LogP contribution in [0.3, 0.4) is 0 Å². The van der Waals surface area contributed by atoms with E-state index in [1.165, 1.54) is 0 Å². The summed E-state index contributed by atoms with van der Waals surface area (Å²) in [6, 6.07) is 5.05. The molecule has 1 aromatic rings. The van der Waals surface area contributed by atoms with Gasteiger partial charge in [0.1, 0.15) is 11.0 Å². The molecule has 0 spiro atoms. The maximum Gasteiger partial charge on any atom is 0.239 e. The molecule has 0 aliphatic heterocycles. The number of hydrogen-bond donors (Lipinski definition) is 1. The first-order valence-corrected chi connectivity index (χ1v) is 4.96. The summed E-state index contributed by atoms with van der Waals surface area (Å²) in [7, 11) is 0. The standard InChI is InChI=1S/C8H8BrClN2O/c1-5(9)8(13)12-7-4-2-3-6(10)11-7/h2-5H,1H3,(H,11,12,13). The van der Waals surface area contributed by atoms with E-state index in [1.54, 1.807) is 25.1 Å². The van der Waals surface area contributed by atoms with Gasteiger partial charge in [0.05, 0.1) is 4.83 Å². The van der Waals surface area contributed by atoms with Gasteiger partial charge in [-0.1, -0.05) is 33.6 Å². The summed E-state index contributed by atoms with van der Waals surface area (Å²) < 4.78 is 0. The molecule has 0 aromatic carbocycles. The molecular formula is C8H8BrClN2O. The summed E-state index contributed by atoms with van der Waals surface area (Å²) in [5.41, 5.74) is 0. The van der Waals surface area contributed by atoms with Gasteiger partial charge in [0.2, 0.25) is 5.91 Å². The van der Waals surface area contributed by atoms with Crippen molar-refractivity contribution < 1.29 is 4.79 Å². The summed E-state index contributed by atoms with van der Waals surface area (Å²) in [6.45, 7) is 1.74. The molecule has 1 rings (SSSR count). The van der Waals surface area contributed by atoms with E-state index >= 15 is 0 Å². The highest BCUT2D eigenvalue weighted by molar-refractivity contribution is 9.10. The second kappa shape index (κ2) is 4.58. The Hall–Kier alpha value is -0.610. The summed E-state index contributed by atoms with van der Waals surface area (Å²) in [5, 5.41) is 2.96. The number of aromatic nitrogens is 1. The van der Waals surface area contributed by atoms with E-state index in [0.717, 1.165) is 0 Å². The van der Waals surface area contributed by atoms with Gasteiger partial charge in [-0.3, -0.25) is 4.79 Å². The number of halogens is 2. The fourth-order valence-corrected chi connectivity index (χ4v) is 0.982. The van der Waals surface area contributed by atoms with Crippen molar-refractivity contribution in [3.05, 3.63) is 23.4 Å². The van der Waals surface area contributed by atoms with Gasteiger partial charge < -0.3 is 5.32 Å². The summed E-state index contributed by atoms with van der Waals surface area (Å²) in [6.07, 6.45) is 0. The zero-order valence-corrected chi connectivity index (χ0v) is 9.26. The van der Waals surface area contributed by atoms with Crippen molar-refractivity contribution in [3.63, 3.8) is 0 Å². The van der Waals surface area contributed by atoms with Gasteiger partial charge in [0, 0.05) is 0 Å². The van der Waals surface area contributed by atoms with Gasteiger partial charge in [-0.25, -0.2) is 4.98 Å². The predicted octanol–water partition coefficient (Wildman–Crippen LogP) is 2.46. The van der Waals surface area contributed by atoms with Gasteiger partial charge in [-0.2, -0.15) is 0 Å². The molecule has 0 radical (unpaired) electrons. The van der Waals surface area contributed by atoms with Crippen molar-refractivity contribution in [2.45, 2.75) is 11.8 Å². The van der Waals surface area contributed by atoms with Crippen LogP contribution in [0.25, 0.3) is 0 Å². The van der Waals surface area contributed by atoms with Crippen LogP contribution < -0.4 is 5.32 Å². The predicted molar refractivity (Wildman–Crippen MR) is 56.3 cm³/mol. The normalized spacial score (nSPS) is 12.2. The van der Waals surface area contributed by atoms with Crippen molar-refractivity contribution in [2.24, 2.45) is 0 Å². The summed E-state index contributed by atoms with van der Waals surface area (Å²) in [4.78, 5) is 14.8. The van der Waals surface area contributed by atoms with E-state index < -0.39 is 0 Å². The molecule has 0 saturated carbocycles. The number of hydrogen-bond acceptors (Lipinski definition) is 2. The molecule has 1 heterocycles. The molecule has 1 amide bonds. The van der Waals surface area contributed by atoms with Crippen LogP contribution in [0.4, 0.5) is 5.82 Å². The number of rotatable bonds is 2. The van der Waals surface area contributed by atoms with E-state index in [0.29, 0.717) is 11.0 Å². The van der Waals surface area contributed by atoms with Gasteiger partial charge in [-0.05, 0) is 19.1 Å². The fraction of sp³-hybridized carbons (Fsp3) is 0.250. The van der Waals surface area contributed by atoms with Gasteiger partial charge in [0.15, 0.2) is 0 Å². The highest BCUT2D eigenvalue weighted by Gasteiger charge is 2.08. The molecule has 70 valence electrons. The number of nitrogens with one attached hydrogen (secondary N) is 1. The third kappa shape index (κ3) is 3.32. The molecule has 5 heteroatoms. The van der Waals surface area contributed by atoms with E-state index in [-0.39, 0.29) is 10.7 Å². The number of pyridine rings is 1. The molecule has 0 saturated heterocycles. The molecule has 3 nitrogen and oxygen atoms in total. The van der Waals surface area contributed by atoms with Crippen LogP contribution in [-0.2, 0) is 4.79 Å². The lowest BCUT2D eigenvalue weighted by Gasteiger charge is -2.05. The van der Waals surface area contributed by atoms with Crippen LogP contribution >= 0.6 is 27.5 Å². The average Bonchev–Trinajstić information content (AvgIpc) is 2.04. The second-order valence-corrected chi connectivity index (χ2v) is 4.21. The van der Waals surface area contributed by atoms with Crippen molar-refractivity contribution in [2.75, 3.05) is 5.32 Å². The molecule has 0 aliphatic rings. The molecule has 1 unspecified atom stereocenters. The molecule has 0 bridgehead atoms. The Balaban J connectivity index is 2.69. The number of nitrogens with zero attached hydrogens (tertiary/aromatic N) is 1. The molecule has 0 fully saturated rings. The first-order chi connectivity index (χ1) is 6.09. The Morgan fingerprint density at radius 2 is 2.38 bits per heavy atom. The second-order valence-electron chi connectivity index (χ2n) is 2.45. The number of alkyl halides is 1. The highest BCUT2D eigenvalue weighted by Crippen LogP contribution is 2.10. The quantitative estimate of drug-likeness (QED) is 0.658. The minimum Gasteiger partial charge on any atom is -0.310 e. The Morgan fingerprint density at radius 3 is 2.92 bits per heavy atom. The maximum atomic E-state index is 11.2. The van der Waals surface area contributed by atoms with Crippen LogP contribution in [0, 0.1) is 0 Å². The lowest BCUT2D eigenvalue weighted by molar-refractivity contribution is -0.115. The van der Waals surface area contributed by atoms with E-state index in [4.69, 9.17) is 11.6 Å². The summed E-state index contributed by atoms with van der Waals surface area (Å²) >= 11 is 8.78. The third-order valence-electron chi connectivity index (χ3n) is 1.33. The Morgan fingerprint density at radius 1 is 1.69 bits per heavy atom. The van der Waals surface area contributed by atoms with Crippen LogP contribution in [0.15, 0.2) is 18.2 Å². The minimum atomic E-state index is -0.242. The van der Waals surface area contributed by atoms with Gasteiger partial charge in [-0.15, -0.1) is 0 Å². The Kier molecular flexibility index (Phi) is 3.69. The molecule has 1 N–H and O–H groups in total. The Labute approximate surface area is 89.6 Å². The monoisotopic (exact) mass is 262 g/mol. The zero-order chi connectivity index (χ0) is 9.84.